The van der Waals surface area contributed by atoms with Crippen molar-refractivity contribution in [2.75, 3.05) is 35.5 Å². The van der Waals surface area contributed by atoms with Gasteiger partial charge in [-0.3, -0.25) is 14.7 Å². The van der Waals surface area contributed by atoms with Gasteiger partial charge in [-0.1, -0.05) is 41.9 Å². The number of hydrogen-bond acceptors (Lipinski definition) is 4. The lowest BCUT2D eigenvalue weighted by Crippen LogP contribution is -2.48. The number of hydrogen-bond donors (Lipinski definition) is 2. The molecule has 172 valence electrons. The quantitative estimate of drug-likeness (QED) is 0.584. The fourth-order valence-electron chi connectivity index (χ4n) is 4.82. The van der Waals surface area contributed by atoms with Gasteiger partial charge >= 0.3 is 6.03 Å². The second-order valence-electron chi connectivity index (χ2n) is 8.66. The van der Waals surface area contributed by atoms with E-state index in [1.807, 2.05) is 42.5 Å². The van der Waals surface area contributed by atoms with E-state index in [0.717, 1.165) is 22.5 Å². The largest absolute Gasteiger partial charge is 0.324 e. The summed E-state index contributed by atoms with van der Waals surface area (Å²) in [5.41, 5.74) is 3.17. The van der Waals surface area contributed by atoms with Crippen LogP contribution >= 0.6 is 11.6 Å². The Labute approximate surface area is 197 Å². The number of H-pyrrole nitrogens is 1. The fourth-order valence-corrected chi connectivity index (χ4v) is 6.01. The van der Waals surface area contributed by atoms with Crippen molar-refractivity contribution >= 4 is 39.2 Å². The van der Waals surface area contributed by atoms with E-state index < -0.39 is 10.0 Å². The van der Waals surface area contributed by atoms with E-state index in [1.165, 1.54) is 10.6 Å². The summed E-state index contributed by atoms with van der Waals surface area (Å²) in [5.74, 6) is 0.435. The summed E-state index contributed by atoms with van der Waals surface area (Å²) in [6.45, 7) is 1.48. The maximum atomic E-state index is 12.9. The Morgan fingerprint density at radius 3 is 2.61 bits per heavy atom. The number of halogens is 1. The van der Waals surface area contributed by atoms with Gasteiger partial charge in [0.15, 0.2) is 5.82 Å². The number of para-hydroxylation sites is 1. The summed E-state index contributed by atoms with van der Waals surface area (Å²) >= 11 is 6.06. The molecule has 1 aromatic heterocycles. The zero-order valence-electron chi connectivity index (χ0n) is 18.1. The van der Waals surface area contributed by atoms with Gasteiger partial charge in [0.2, 0.25) is 10.0 Å². The molecule has 0 unspecified atom stereocenters. The maximum absolute atomic E-state index is 12.9. The Morgan fingerprint density at radius 1 is 1.12 bits per heavy atom. The molecule has 33 heavy (non-hydrogen) atoms. The molecule has 1 spiro atoms. The third-order valence-electron chi connectivity index (χ3n) is 6.55. The number of carbonyl (C=O) groups is 1. The first-order valence-corrected chi connectivity index (χ1v) is 12.9. The lowest BCUT2D eigenvalue weighted by Gasteiger charge is -2.39. The average Bonchev–Trinajstić information content (AvgIpc) is 3.38. The van der Waals surface area contributed by atoms with Gasteiger partial charge in [0.1, 0.15) is 0 Å². The standard InChI is InChI=1S/C23H24ClN5O3S/c1-33(31,32)29-15-23(18-7-2-3-8-20(18)29)9-11-28(12-10-23)22(30)25-21-14-19(26-27-21)16-5-4-6-17(24)13-16/h2-8,13-14H,9-12,15H2,1H3,(H2,25,26,27,30). The molecule has 2 aliphatic heterocycles. The highest BCUT2D eigenvalue weighted by Crippen LogP contribution is 2.47. The highest BCUT2D eigenvalue weighted by Gasteiger charge is 2.47. The SMILES string of the molecule is CS(=O)(=O)N1CC2(CCN(C(=O)Nc3cc(-c4cccc(Cl)c4)[nH]n3)CC2)c2ccccc21. The molecule has 5 rings (SSSR count). The summed E-state index contributed by atoms with van der Waals surface area (Å²) in [7, 11) is -3.36. The Kier molecular flexibility index (Phi) is 5.33. The van der Waals surface area contributed by atoms with Crippen LogP contribution in [-0.4, -0.2) is 55.4 Å². The highest BCUT2D eigenvalue weighted by atomic mass is 35.5. The van der Waals surface area contributed by atoms with Gasteiger partial charge < -0.3 is 4.90 Å². The molecule has 8 nitrogen and oxygen atoms in total. The molecular formula is C23H24ClN5O3S. The summed E-state index contributed by atoms with van der Waals surface area (Å²) in [6.07, 6.45) is 2.63. The van der Waals surface area contributed by atoms with E-state index in [4.69, 9.17) is 11.6 Å². The number of sulfonamides is 1. The van der Waals surface area contributed by atoms with Crippen LogP contribution in [0.2, 0.25) is 5.02 Å². The molecule has 3 aromatic rings. The predicted molar refractivity (Wildman–Crippen MR) is 129 cm³/mol. The van der Waals surface area contributed by atoms with E-state index in [2.05, 4.69) is 15.5 Å². The number of aromatic nitrogens is 2. The number of likely N-dealkylation sites (tertiary alicyclic amines) is 1. The van der Waals surface area contributed by atoms with Crippen molar-refractivity contribution in [3.05, 3.63) is 65.2 Å². The molecule has 2 aliphatic rings. The second-order valence-corrected chi connectivity index (χ2v) is 11.0. The van der Waals surface area contributed by atoms with Crippen LogP contribution in [0.25, 0.3) is 11.3 Å². The second kappa shape index (κ2) is 8.07. The smallest absolute Gasteiger partial charge is 0.323 e. The Bertz CT molecular complexity index is 1310. The van der Waals surface area contributed by atoms with Crippen molar-refractivity contribution in [2.45, 2.75) is 18.3 Å². The molecule has 0 radical (unpaired) electrons. The molecule has 1 saturated heterocycles. The van der Waals surface area contributed by atoms with Gasteiger partial charge in [0, 0.05) is 41.7 Å². The minimum absolute atomic E-state index is 0.222. The number of anilines is 2. The van der Waals surface area contributed by atoms with Crippen molar-refractivity contribution in [3.8, 4) is 11.3 Å². The van der Waals surface area contributed by atoms with Gasteiger partial charge in [-0.2, -0.15) is 5.10 Å². The van der Waals surface area contributed by atoms with Crippen molar-refractivity contribution in [1.29, 1.82) is 0 Å². The van der Waals surface area contributed by atoms with Crippen LogP contribution in [0.15, 0.2) is 54.6 Å². The number of nitrogens with one attached hydrogen (secondary N) is 2. The summed E-state index contributed by atoms with van der Waals surface area (Å²) in [4.78, 5) is 14.6. The minimum Gasteiger partial charge on any atom is -0.324 e. The van der Waals surface area contributed by atoms with E-state index in [9.17, 15) is 13.2 Å². The van der Waals surface area contributed by atoms with E-state index in [1.54, 1.807) is 17.0 Å². The minimum atomic E-state index is -3.36. The number of fused-ring (bicyclic) bond motifs is 2. The van der Waals surface area contributed by atoms with E-state index in [-0.39, 0.29) is 11.4 Å². The number of benzene rings is 2. The normalized spacial score (nSPS) is 17.3. The van der Waals surface area contributed by atoms with Crippen LogP contribution < -0.4 is 9.62 Å². The van der Waals surface area contributed by atoms with Crippen molar-refractivity contribution in [1.82, 2.24) is 15.1 Å². The molecule has 0 bridgehead atoms. The number of piperidine rings is 1. The topological polar surface area (TPSA) is 98.4 Å². The Hall–Kier alpha value is -3.04. The first-order chi connectivity index (χ1) is 15.7. The van der Waals surface area contributed by atoms with Gasteiger partial charge in [-0.25, -0.2) is 13.2 Å². The zero-order valence-corrected chi connectivity index (χ0v) is 19.7. The summed E-state index contributed by atoms with van der Waals surface area (Å²) < 4.78 is 26.2. The van der Waals surface area contributed by atoms with Crippen LogP contribution in [0.5, 0.6) is 0 Å². The number of amides is 2. The van der Waals surface area contributed by atoms with Crippen molar-refractivity contribution in [3.63, 3.8) is 0 Å². The van der Waals surface area contributed by atoms with E-state index in [0.29, 0.717) is 43.3 Å². The molecule has 10 heteroatoms. The van der Waals surface area contributed by atoms with Gasteiger partial charge in [0.25, 0.3) is 0 Å². The predicted octanol–water partition coefficient (Wildman–Crippen LogP) is 4.08. The van der Waals surface area contributed by atoms with Crippen LogP contribution in [-0.2, 0) is 15.4 Å². The number of aromatic amines is 1. The summed E-state index contributed by atoms with van der Waals surface area (Å²) in [6, 6.07) is 16.6. The maximum Gasteiger partial charge on any atom is 0.323 e. The Morgan fingerprint density at radius 2 is 1.88 bits per heavy atom. The third kappa shape index (κ3) is 4.06. The van der Waals surface area contributed by atoms with Gasteiger partial charge in [0.05, 0.1) is 17.6 Å². The average molecular weight is 486 g/mol. The first kappa shape index (κ1) is 21.8. The van der Waals surface area contributed by atoms with E-state index >= 15 is 0 Å². The van der Waals surface area contributed by atoms with Crippen molar-refractivity contribution < 1.29 is 13.2 Å². The number of rotatable bonds is 3. The fraction of sp³-hybridized carbons (Fsp3) is 0.304. The molecule has 1 fully saturated rings. The molecule has 3 heterocycles. The van der Waals surface area contributed by atoms with Crippen LogP contribution in [0.1, 0.15) is 18.4 Å². The van der Waals surface area contributed by atoms with Crippen LogP contribution in [0, 0.1) is 0 Å². The Balaban J connectivity index is 1.27. The zero-order chi connectivity index (χ0) is 23.2. The molecule has 0 aliphatic carbocycles. The van der Waals surface area contributed by atoms with Crippen molar-refractivity contribution in [2.24, 2.45) is 0 Å². The van der Waals surface area contributed by atoms with Gasteiger partial charge in [-0.15, -0.1) is 0 Å². The van der Waals surface area contributed by atoms with Gasteiger partial charge in [-0.05, 0) is 36.6 Å². The number of carbonyl (C=O) groups excluding carboxylic acids is 1. The highest BCUT2D eigenvalue weighted by molar-refractivity contribution is 7.92. The third-order valence-corrected chi connectivity index (χ3v) is 7.91. The monoisotopic (exact) mass is 485 g/mol. The molecule has 2 aromatic carbocycles. The molecule has 0 atom stereocenters. The molecule has 2 amide bonds. The number of nitrogens with zero attached hydrogens (tertiary/aromatic N) is 3. The molecular weight excluding hydrogens is 462 g/mol. The molecule has 0 saturated carbocycles. The lowest BCUT2D eigenvalue weighted by atomic mass is 9.74. The summed E-state index contributed by atoms with van der Waals surface area (Å²) in [5, 5.41) is 10.6. The first-order valence-electron chi connectivity index (χ1n) is 10.7. The molecule has 2 N–H and O–H groups in total. The van der Waals surface area contributed by atoms with Crippen LogP contribution in [0.3, 0.4) is 0 Å². The van der Waals surface area contributed by atoms with Crippen LogP contribution in [0.4, 0.5) is 16.3 Å². The lowest BCUT2D eigenvalue weighted by molar-refractivity contribution is 0.173. The number of urea groups is 1.